The van der Waals surface area contributed by atoms with Crippen LogP contribution in [0.4, 0.5) is 18.0 Å². The molecule has 0 saturated heterocycles. The van der Waals surface area contributed by atoms with E-state index in [0.29, 0.717) is 0 Å². The van der Waals surface area contributed by atoms with Crippen LogP contribution in [0.2, 0.25) is 0 Å². The summed E-state index contributed by atoms with van der Waals surface area (Å²) >= 11 is 0. The minimum atomic E-state index is -3.09. The number of imidazole rings is 1. The molecule has 1 rings (SSSR count). The van der Waals surface area contributed by atoms with Gasteiger partial charge >= 0.3 is 6.09 Å². The summed E-state index contributed by atoms with van der Waals surface area (Å²) in [6, 6.07) is 0. The molecule has 0 bridgehead atoms. The lowest BCUT2D eigenvalue weighted by molar-refractivity contribution is -0.0999. The average Bonchev–Trinajstić information content (AvgIpc) is 2.70. The summed E-state index contributed by atoms with van der Waals surface area (Å²) in [6.45, 7) is -0.627. The molecule has 15 heavy (non-hydrogen) atoms. The van der Waals surface area contributed by atoms with Gasteiger partial charge in [0.2, 0.25) is 0 Å². The fraction of sp³-hybridized carbons (Fsp3) is 0.500. The average molecular weight is 222 g/mol. The molecule has 0 radical (unpaired) electrons. The summed E-state index contributed by atoms with van der Waals surface area (Å²) in [7, 11) is 0. The van der Waals surface area contributed by atoms with Crippen LogP contribution in [0, 0.1) is 0 Å². The third kappa shape index (κ3) is 2.48. The number of hydrogen-bond donors (Lipinski definition) is 0. The van der Waals surface area contributed by atoms with Gasteiger partial charge in [0.05, 0.1) is 0 Å². The molecule has 0 fully saturated rings. The van der Waals surface area contributed by atoms with Crippen LogP contribution in [0.5, 0.6) is 0 Å². The quantitative estimate of drug-likeness (QED) is 0.784. The summed E-state index contributed by atoms with van der Waals surface area (Å²) in [5, 5.41) is 0. The summed E-state index contributed by atoms with van der Waals surface area (Å²) < 4.78 is 42.2. The van der Waals surface area contributed by atoms with E-state index in [9.17, 15) is 18.0 Å². The summed E-state index contributed by atoms with van der Waals surface area (Å²) in [6.07, 6.45) is -0.613. The van der Waals surface area contributed by atoms with Crippen LogP contribution in [0.1, 0.15) is 6.92 Å². The normalized spacial score (nSPS) is 15.0. The zero-order chi connectivity index (χ0) is 11.5. The number of rotatable bonds is 3. The molecule has 4 nitrogen and oxygen atoms in total. The number of aromatic nitrogens is 2. The first-order chi connectivity index (χ1) is 6.99. The number of carbonyl (C=O) groups is 1. The molecule has 1 unspecified atom stereocenters. The molecular formula is C8H9F3N2O2. The molecule has 0 amide bonds. The van der Waals surface area contributed by atoms with Gasteiger partial charge in [-0.3, -0.25) is 0 Å². The van der Waals surface area contributed by atoms with Crippen LogP contribution in [-0.4, -0.2) is 34.3 Å². The highest BCUT2D eigenvalue weighted by Crippen LogP contribution is 2.21. The second-order valence-corrected chi connectivity index (χ2v) is 3.08. The fourth-order valence-electron chi connectivity index (χ4n) is 0.749. The van der Waals surface area contributed by atoms with Gasteiger partial charge in [0.15, 0.2) is 5.60 Å². The highest BCUT2D eigenvalue weighted by atomic mass is 19.3. The van der Waals surface area contributed by atoms with Gasteiger partial charge in [0, 0.05) is 12.4 Å². The van der Waals surface area contributed by atoms with Crippen LogP contribution in [0.3, 0.4) is 0 Å². The standard InChI is InChI=1S/C8H9F3N2O2/c1-8(4-9,6(10)11)15-7(14)13-3-2-12-5-13/h2-3,5-6H,4H2,1H3. The van der Waals surface area contributed by atoms with Crippen LogP contribution < -0.4 is 0 Å². The molecule has 0 aliphatic heterocycles. The van der Waals surface area contributed by atoms with Gasteiger partial charge in [-0.05, 0) is 6.92 Å². The van der Waals surface area contributed by atoms with Crippen molar-refractivity contribution >= 4 is 6.09 Å². The maximum absolute atomic E-state index is 12.3. The number of hydrogen-bond acceptors (Lipinski definition) is 3. The Labute approximate surface area is 83.7 Å². The molecule has 1 aromatic rings. The second-order valence-electron chi connectivity index (χ2n) is 3.08. The molecule has 0 aliphatic rings. The Bertz CT molecular complexity index is 329. The number of carbonyl (C=O) groups excluding carboxylic acids is 1. The largest absolute Gasteiger partial charge is 0.434 e. The summed E-state index contributed by atoms with van der Waals surface area (Å²) in [5.74, 6) is 0. The third-order valence-electron chi connectivity index (χ3n) is 1.76. The minimum Gasteiger partial charge on any atom is -0.434 e. The molecule has 0 aliphatic carbocycles. The fourth-order valence-corrected chi connectivity index (χ4v) is 0.749. The molecule has 1 heterocycles. The molecule has 1 atom stereocenters. The molecule has 0 saturated carbocycles. The van der Waals surface area contributed by atoms with Crippen LogP contribution >= 0.6 is 0 Å². The lowest BCUT2D eigenvalue weighted by atomic mass is 10.1. The first-order valence-corrected chi connectivity index (χ1v) is 4.05. The van der Waals surface area contributed by atoms with E-state index in [1.54, 1.807) is 0 Å². The summed E-state index contributed by atoms with van der Waals surface area (Å²) in [4.78, 5) is 14.7. The van der Waals surface area contributed by atoms with Gasteiger partial charge < -0.3 is 4.74 Å². The predicted octanol–water partition coefficient (Wildman–Crippen LogP) is 1.86. The van der Waals surface area contributed by atoms with Crippen molar-refractivity contribution < 1.29 is 22.7 Å². The van der Waals surface area contributed by atoms with E-state index in [-0.39, 0.29) is 0 Å². The molecule has 84 valence electrons. The van der Waals surface area contributed by atoms with Crippen LogP contribution in [0.15, 0.2) is 18.7 Å². The van der Waals surface area contributed by atoms with Crippen LogP contribution in [0.25, 0.3) is 0 Å². The third-order valence-corrected chi connectivity index (χ3v) is 1.76. The number of nitrogens with zero attached hydrogens (tertiary/aromatic N) is 2. The van der Waals surface area contributed by atoms with Crippen LogP contribution in [-0.2, 0) is 4.74 Å². The topological polar surface area (TPSA) is 44.1 Å². The smallest absolute Gasteiger partial charge is 0.420 e. The number of halogens is 3. The molecule has 0 aromatic carbocycles. The van der Waals surface area contributed by atoms with E-state index in [1.165, 1.54) is 12.4 Å². The Morgan fingerprint density at radius 1 is 1.67 bits per heavy atom. The van der Waals surface area contributed by atoms with Crippen molar-refractivity contribution in [2.45, 2.75) is 19.0 Å². The van der Waals surface area contributed by atoms with E-state index in [4.69, 9.17) is 0 Å². The maximum Gasteiger partial charge on any atom is 0.420 e. The van der Waals surface area contributed by atoms with Crippen molar-refractivity contribution in [3.63, 3.8) is 0 Å². The number of alkyl halides is 3. The van der Waals surface area contributed by atoms with E-state index < -0.39 is 24.8 Å². The molecule has 0 N–H and O–H groups in total. The minimum absolute atomic E-state index is 0.826. The zero-order valence-electron chi connectivity index (χ0n) is 7.86. The van der Waals surface area contributed by atoms with Gasteiger partial charge in [0.25, 0.3) is 6.43 Å². The van der Waals surface area contributed by atoms with Gasteiger partial charge in [-0.25, -0.2) is 27.5 Å². The van der Waals surface area contributed by atoms with E-state index in [0.717, 1.165) is 17.8 Å². The Morgan fingerprint density at radius 2 is 2.33 bits per heavy atom. The van der Waals surface area contributed by atoms with Crippen molar-refractivity contribution in [2.24, 2.45) is 0 Å². The van der Waals surface area contributed by atoms with Gasteiger partial charge in [0.1, 0.15) is 13.0 Å². The van der Waals surface area contributed by atoms with Gasteiger partial charge in [-0.1, -0.05) is 0 Å². The SMILES string of the molecule is CC(CF)(OC(=O)n1ccnc1)C(F)F. The van der Waals surface area contributed by atoms with Crippen molar-refractivity contribution in [3.8, 4) is 0 Å². The first kappa shape index (κ1) is 11.5. The highest BCUT2D eigenvalue weighted by Gasteiger charge is 2.39. The Kier molecular flexibility index (Phi) is 3.33. The first-order valence-electron chi connectivity index (χ1n) is 4.05. The van der Waals surface area contributed by atoms with Gasteiger partial charge in [-0.15, -0.1) is 0 Å². The van der Waals surface area contributed by atoms with Gasteiger partial charge in [-0.2, -0.15) is 0 Å². The Hall–Kier alpha value is -1.53. The van der Waals surface area contributed by atoms with E-state index >= 15 is 0 Å². The van der Waals surface area contributed by atoms with Crippen molar-refractivity contribution in [2.75, 3.05) is 6.67 Å². The molecule has 0 spiro atoms. The highest BCUT2D eigenvalue weighted by molar-refractivity contribution is 5.70. The van der Waals surface area contributed by atoms with Crippen molar-refractivity contribution in [3.05, 3.63) is 18.7 Å². The van der Waals surface area contributed by atoms with Crippen molar-refractivity contribution in [1.29, 1.82) is 0 Å². The van der Waals surface area contributed by atoms with E-state index in [2.05, 4.69) is 9.72 Å². The molecular weight excluding hydrogens is 213 g/mol. The Balaban J connectivity index is 2.72. The second kappa shape index (κ2) is 4.33. The Morgan fingerprint density at radius 3 is 2.73 bits per heavy atom. The summed E-state index contributed by atoms with van der Waals surface area (Å²) in [5.41, 5.74) is -2.42. The van der Waals surface area contributed by atoms with E-state index in [1.807, 2.05) is 0 Å². The van der Waals surface area contributed by atoms with Crippen molar-refractivity contribution in [1.82, 2.24) is 9.55 Å². The zero-order valence-corrected chi connectivity index (χ0v) is 7.86. The number of ether oxygens (including phenoxy) is 1. The predicted molar refractivity (Wildman–Crippen MR) is 44.5 cm³/mol. The maximum atomic E-state index is 12.3. The molecule has 7 heteroatoms. The lowest BCUT2D eigenvalue weighted by Crippen LogP contribution is -2.42. The monoisotopic (exact) mass is 222 g/mol. The lowest BCUT2D eigenvalue weighted by Gasteiger charge is -2.25. The molecule has 1 aromatic heterocycles.